The Balaban J connectivity index is 2.83. The third kappa shape index (κ3) is 3.42. The molecule has 1 rings (SSSR count). The minimum absolute atomic E-state index is 0.0178. The van der Waals surface area contributed by atoms with E-state index < -0.39 is 10.5 Å². The first-order valence-corrected chi connectivity index (χ1v) is 5.72. The lowest BCUT2D eigenvalue weighted by atomic mass is 10.1. The summed E-state index contributed by atoms with van der Waals surface area (Å²) in [5, 5.41) is 20.8. The number of hydrogen-bond acceptors (Lipinski definition) is 6. The molecule has 0 spiro atoms. The van der Waals surface area contributed by atoms with Gasteiger partial charge in [-0.1, -0.05) is 0 Å². The molecule has 0 aliphatic heterocycles. The van der Waals surface area contributed by atoms with E-state index in [2.05, 4.69) is 4.98 Å². The zero-order chi connectivity index (χ0) is 12.3. The zero-order valence-corrected chi connectivity index (χ0v) is 10.3. The Morgan fingerprint density at radius 3 is 2.69 bits per heavy atom. The van der Waals surface area contributed by atoms with Crippen LogP contribution in [-0.4, -0.2) is 33.7 Å². The molecule has 0 aliphatic rings. The summed E-state index contributed by atoms with van der Waals surface area (Å²) >= 11 is 1.02. The maximum atomic E-state index is 10.5. The van der Waals surface area contributed by atoms with Crippen LogP contribution in [0.1, 0.15) is 20.8 Å². The van der Waals surface area contributed by atoms with Crippen molar-refractivity contribution in [2.24, 2.45) is 0 Å². The van der Waals surface area contributed by atoms with E-state index >= 15 is 0 Å². The highest BCUT2D eigenvalue weighted by molar-refractivity contribution is 7.18. The second-order valence-corrected chi connectivity index (χ2v) is 5.05. The lowest BCUT2D eigenvalue weighted by molar-refractivity contribution is -0.380. The van der Waals surface area contributed by atoms with Crippen molar-refractivity contribution in [1.82, 2.24) is 4.98 Å². The van der Waals surface area contributed by atoms with E-state index in [4.69, 9.17) is 0 Å². The normalized spacial score (nSPS) is 11.5. The first-order valence-electron chi connectivity index (χ1n) is 4.91. The van der Waals surface area contributed by atoms with E-state index in [-0.39, 0.29) is 5.00 Å². The molecule has 0 saturated carbocycles. The van der Waals surface area contributed by atoms with Gasteiger partial charge >= 0.3 is 5.00 Å². The maximum absolute atomic E-state index is 10.5. The molecule has 1 heterocycles. The van der Waals surface area contributed by atoms with Crippen LogP contribution in [0.25, 0.3) is 0 Å². The highest BCUT2D eigenvalue weighted by Crippen LogP contribution is 2.28. The van der Waals surface area contributed by atoms with E-state index in [1.807, 2.05) is 11.8 Å². The van der Waals surface area contributed by atoms with Crippen molar-refractivity contribution in [3.05, 3.63) is 16.3 Å². The van der Waals surface area contributed by atoms with Crippen molar-refractivity contribution in [3.8, 4) is 0 Å². The Morgan fingerprint density at radius 2 is 2.31 bits per heavy atom. The van der Waals surface area contributed by atoms with Crippen LogP contribution in [0, 0.1) is 10.1 Å². The number of likely N-dealkylation sites (N-methyl/N-ethyl adjacent to an activating group) is 1. The molecule has 0 aliphatic carbocycles. The number of nitrogens with zero attached hydrogens (tertiary/aromatic N) is 3. The molecule has 1 N–H and O–H groups in total. The summed E-state index contributed by atoms with van der Waals surface area (Å²) in [5.74, 6) is 0. The standard InChI is InChI=1S/C9H15N3O3S/c1-4-11(6-9(2,3)13)8-10-5-7(16-8)12(14)15/h5,13H,4,6H2,1-3H3. The van der Waals surface area contributed by atoms with Crippen molar-refractivity contribution in [2.75, 3.05) is 18.0 Å². The summed E-state index contributed by atoms with van der Waals surface area (Å²) in [6.45, 7) is 6.34. The van der Waals surface area contributed by atoms with Gasteiger partial charge in [0.2, 0.25) is 0 Å². The van der Waals surface area contributed by atoms with Gasteiger partial charge in [-0.25, -0.2) is 4.98 Å². The van der Waals surface area contributed by atoms with Crippen molar-refractivity contribution in [3.63, 3.8) is 0 Å². The lowest BCUT2D eigenvalue weighted by Gasteiger charge is -2.27. The Bertz CT molecular complexity index is 372. The largest absolute Gasteiger partial charge is 0.389 e. The average molecular weight is 245 g/mol. The molecule has 6 nitrogen and oxygen atoms in total. The van der Waals surface area contributed by atoms with Gasteiger partial charge in [-0.2, -0.15) is 0 Å². The molecule has 0 unspecified atom stereocenters. The van der Waals surface area contributed by atoms with Crippen molar-refractivity contribution < 1.29 is 10.0 Å². The first-order chi connectivity index (χ1) is 7.33. The summed E-state index contributed by atoms with van der Waals surface area (Å²) in [4.78, 5) is 15.9. The fourth-order valence-corrected chi connectivity index (χ4v) is 2.06. The van der Waals surface area contributed by atoms with Crippen LogP contribution in [0.2, 0.25) is 0 Å². The van der Waals surface area contributed by atoms with Gasteiger partial charge in [0.05, 0.1) is 10.5 Å². The molecule has 1 aromatic rings. The SMILES string of the molecule is CCN(CC(C)(C)O)c1ncc([N+](=O)[O-])s1. The molecule has 16 heavy (non-hydrogen) atoms. The van der Waals surface area contributed by atoms with E-state index in [0.717, 1.165) is 11.3 Å². The first kappa shape index (κ1) is 12.9. The van der Waals surface area contributed by atoms with Gasteiger partial charge in [-0.15, -0.1) is 0 Å². The number of rotatable bonds is 5. The van der Waals surface area contributed by atoms with E-state index in [1.165, 1.54) is 6.20 Å². The average Bonchev–Trinajstić information content (AvgIpc) is 2.61. The van der Waals surface area contributed by atoms with Crippen LogP contribution in [0.3, 0.4) is 0 Å². The molecular formula is C9H15N3O3S. The summed E-state index contributed by atoms with van der Waals surface area (Å²) < 4.78 is 0. The van der Waals surface area contributed by atoms with E-state index in [0.29, 0.717) is 18.2 Å². The van der Waals surface area contributed by atoms with Crippen LogP contribution in [-0.2, 0) is 0 Å². The third-order valence-electron chi connectivity index (χ3n) is 1.89. The van der Waals surface area contributed by atoms with Gasteiger partial charge in [-0.3, -0.25) is 10.1 Å². The molecule has 0 saturated heterocycles. The second-order valence-electron chi connectivity index (χ2n) is 4.06. The van der Waals surface area contributed by atoms with Gasteiger partial charge in [0, 0.05) is 13.1 Å². The fourth-order valence-electron chi connectivity index (χ4n) is 1.27. The molecule has 0 bridgehead atoms. The van der Waals surface area contributed by atoms with Crippen LogP contribution >= 0.6 is 11.3 Å². The third-order valence-corrected chi connectivity index (χ3v) is 2.90. The predicted octanol–water partition coefficient (Wildman–Crippen LogP) is 1.65. The molecule has 0 amide bonds. The van der Waals surface area contributed by atoms with Crippen LogP contribution in [0.15, 0.2) is 6.20 Å². The van der Waals surface area contributed by atoms with Gasteiger partial charge in [-0.05, 0) is 32.1 Å². The van der Waals surface area contributed by atoms with Gasteiger partial charge in [0.15, 0.2) is 5.13 Å². The Hall–Kier alpha value is -1.21. The highest BCUT2D eigenvalue weighted by Gasteiger charge is 2.21. The van der Waals surface area contributed by atoms with Crippen LogP contribution in [0.5, 0.6) is 0 Å². The number of aliphatic hydroxyl groups is 1. The van der Waals surface area contributed by atoms with Crippen LogP contribution in [0.4, 0.5) is 10.1 Å². The minimum atomic E-state index is -0.851. The molecule has 0 radical (unpaired) electrons. The van der Waals surface area contributed by atoms with Gasteiger partial charge in [0.1, 0.15) is 6.20 Å². The molecule has 1 aromatic heterocycles. The Morgan fingerprint density at radius 1 is 1.69 bits per heavy atom. The van der Waals surface area contributed by atoms with Crippen molar-refractivity contribution >= 4 is 21.5 Å². The fraction of sp³-hybridized carbons (Fsp3) is 0.667. The molecule has 0 fully saturated rings. The molecule has 0 atom stereocenters. The number of hydrogen-bond donors (Lipinski definition) is 1. The zero-order valence-electron chi connectivity index (χ0n) is 9.51. The monoisotopic (exact) mass is 245 g/mol. The summed E-state index contributed by atoms with van der Waals surface area (Å²) in [5.41, 5.74) is -0.851. The van der Waals surface area contributed by atoms with Gasteiger partial charge in [0.25, 0.3) is 0 Å². The van der Waals surface area contributed by atoms with Crippen molar-refractivity contribution in [2.45, 2.75) is 26.4 Å². The molecule has 90 valence electrons. The molecule has 0 aromatic carbocycles. The second kappa shape index (κ2) is 4.75. The Kier molecular flexibility index (Phi) is 3.82. The number of anilines is 1. The van der Waals surface area contributed by atoms with E-state index in [9.17, 15) is 15.2 Å². The summed E-state index contributed by atoms with van der Waals surface area (Å²) in [7, 11) is 0. The summed E-state index contributed by atoms with van der Waals surface area (Å²) in [6.07, 6.45) is 1.24. The van der Waals surface area contributed by atoms with Crippen molar-refractivity contribution in [1.29, 1.82) is 0 Å². The lowest BCUT2D eigenvalue weighted by Crippen LogP contribution is -2.38. The van der Waals surface area contributed by atoms with Gasteiger partial charge < -0.3 is 10.0 Å². The number of nitro groups is 1. The maximum Gasteiger partial charge on any atom is 0.345 e. The quantitative estimate of drug-likeness (QED) is 0.630. The predicted molar refractivity (Wildman–Crippen MR) is 63.0 cm³/mol. The van der Waals surface area contributed by atoms with E-state index in [1.54, 1.807) is 13.8 Å². The molecular weight excluding hydrogens is 230 g/mol. The highest BCUT2D eigenvalue weighted by atomic mass is 32.1. The number of aromatic nitrogens is 1. The number of thiazole rings is 1. The topological polar surface area (TPSA) is 79.5 Å². The van der Waals surface area contributed by atoms with Crippen LogP contribution < -0.4 is 4.90 Å². The molecule has 7 heteroatoms. The summed E-state index contributed by atoms with van der Waals surface area (Å²) in [6, 6.07) is 0. The smallest absolute Gasteiger partial charge is 0.345 e. The minimum Gasteiger partial charge on any atom is -0.389 e. The Labute approximate surface area is 97.7 Å².